The van der Waals surface area contributed by atoms with Crippen LogP contribution in [-0.4, -0.2) is 54.9 Å². The van der Waals surface area contributed by atoms with E-state index in [1.165, 1.54) is 25.3 Å². The van der Waals surface area contributed by atoms with Gasteiger partial charge in [-0.1, -0.05) is 29.3 Å². The Bertz CT molecular complexity index is 937. The number of amides is 2. The number of methoxy groups -OCH3 is 1. The molecule has 29 heavy (non-hydrogen) atoms. The van der Waals surface area contributed by atoms with Crippen molar-refractivity contribution >= 4 is 41.1 Å². The van der Waals surface area contributed by atoms with Gasteiger partial charge in [0, 0.05) is 47.9 Å². The van der Waals surface area contributed by atoms with Gasteiger partial charge in [-0.25, -0.2) is 4.39 Å². The number of rotatable bonds is 4. The van der Waals surface area contributed by atoms with E-state index in [1.54, 1.807) is 40.1 Å². The first kappa shape index (κ1) is 21.1. The van der Waals surface area contributed by atoms with Crippen LogP contribution in [0.4, 0.5) is 4.39 Å². The highest BCUT2D eigenvalue weighted by molar-refractivity contribution is 6.35. The summed E-state index contributed by atoms with van der Waals surface area (Å²) in [5, 5.41) is 0.796. The van der Waals surface area contributed by atoms with E-state index >= 15 is 0 Å². The minimum absolute atomic E-state index is 0.148. The fourth-order valence-electron chi connectivity index (χ4n) is 3.05. The third-order valence-corrected chi connectivity index (χ3v) is 5.02. The van der Waals surface area contributed by atoms with Crippen LogP contribution in [0.15, 0.2) is 42.5 Å². The Morgan fingerprint density at radius 3 is 2.21 bits per heavy atom. The van der Waals surface area contributed by atoms with Crippen LogP contribution in [0.25, 0.3) is 6.08 Å². The fraction of sp³-hybridized carbons (Fsp3) is 0.238. The number of hydrogen-bond acceptors (Lipinski definition) is 3. The van der Waals surface area contributed by atoms with E-state index in [1.807, 2.05) is 0 Å². The highest BCUT2D eigenvalue weighted by atomic mass is 35.5. The molecule has 152 valence electrons. The Balaban J connectivity index is 1.57. The Morgan fingerprint density at radius 2 is 1.62 bits per heavy atom. The van der Waals surface area contributed by atoms with Crippen LogP contribution in [0.5, 0.6) is 5.75 Å². The monoisotopic (exact) mass is 436 g/mol. The van der Waals surface area contributed by atoms with Crippen molar-refractivity contribution in [1.29, 1.82) is 0 Å². The molecular formula is C21H19Cl2FN2O3. The van der Waals surface area contributed by atoms with Gasteiger partial charge in [0.1, 0.15) is 0 Å². The molecule has 1 heterocycles. The molecule has 1 aliphatic rings. The van der Waals surface area contributed by atoms with Gasteiger partial charge in [0.25, 0.3) is 5.91 Å². The van der Waals surface area contributed by atoms with Crippen LogP contribution in [0.1, 0.15) is 15.9 Å². The van der Waals surface area contributed by atoms with Crippen LogP contribution < -0.4 is 4.74 Å². The smallest absolute Gasteiger partial charge is 0.254 e. The van der Waals surface area contributed by atoms with Gasteiger partial charge in [-0.05, 0) is 42.0 Å². The summed E-state index contributed by atoms with van der Waals surface area (Å²) < 4.78 is 18.6. The van der Waals surface area contributed by atoms with E-state index in [9.17, 15) is 14.0 Å². The standard InChI is InChI=1S/C21H19Cl2FN2O3/c1-29-19-4-2-14(10-18(19)24)3-5-20(27)25-6-8-26(9-7-25)21(28)15-11-16(22)13-17(23)12-15/h2-5,10-13H,6-9H2,1H3/b5-3+. The summed E-state index contributed by atoms with van der Waals surface area (Å²) in [5.41, 5.74) is 0.979. The van der Waals surface area contributed by atoms with E-state index in [0.29, 0.717) is 47.4 Å². The molecule has 3 rings (SSSR count). The average molecular weight is 437 g/mol. The van der Waals surface area contributed by atoms with Gasteiger partial charge < -0.3 is 14.5 Å². The predicted octanol–water partition coefficient (Wildman–Crippen LogP) is 4.14. The Kier molecular flexibility index (Phi) is 6.77. The fourth-order valence-corrected chi connectivity index (χ4v) is 3.58. The highest BCUT2D eigenvalue weighted by Crippen LogP contribution is 2.21. The lowest BCUT2D eigenvalue weighted by atomic mass is 10.1. The van der Waals surface area contributed by atoms with Crippen molar-refractivity contribution in [2.24, 2.45) is 0 Å². The first-order valence-electron chi connectivity index (χ1n) is 8.93. The van der Waals surface area contributed by atoms with E-state index < -0.39 is 5.82 Å². The van der Waals surface area contributed by atoms with Gasteiger partial charge in [0.2, 0.25) is 5.91 Å². The minimum Gasteiger partial charge on any atom is -0.494 e. The summed E-state index contributed by atoms with van der Waals surface area (Å²) in [6.07, 6.45) is 2.95. The molecule has 2 amide bonds. The van der Waals surface area contributed by atoms with Crippen LogP contribution in [0, 0.1) is 5.82 Å². The summed E-state index contributed by atoms with van der Waals surface area (Å²) in [4.78, 5) is 28.3. The van der Waals surface area contributed by atoms with Crippen molar-refractivity contribution in [3.63, 3.8) is 0 Å². The molecule has 0 aromatic heterocycles. The van der Waals surface area contributed by atoms with Crippen LogP contribution >= 0.6 is 23.2 Å². The maximum Gasteiger partial charge on any atom is 0.254 e. The number of carbonyl (C=O) groups excluding carboxylic acids is 2. The van der Waals surface area contributed by atoms with Gasteiger partial charge in [-0.15, -0.1) is 0 Å². The van der Waals surface area contributed by atoms with Crippen LogP contribution in [0.3, 0.4) is 0 Å². The lowest BCUT2D eigenvalue weighted by Gasteiger charge is -2.34. The largest absolute Gasteiger partial charge is 0.494 e. The summed E-state index contributed by atoms with van der Waals surface area (Å²) in [6.45, 7) is 1.61. The summed E-state index contributed by atoms with van der Waals surface area (Å²) >= 11 is 11.9. The quantitative estimate of drug-likeness (QED) is 0.676. The zero-order chi connectivity index (χ0) is 21.0. The lowest BCUT2D eigenvalue weighted by Crippen LogP contribution is -2.50. The molecule has 0 unspecified atom stereocenters. The first-order valence-corrected chi connectivity index (χ1v) is 9.69. The zero-order valence-corrected chi connectivity index (χ0v) is 17.2. The van der Waals surface area contributed by atoms with E-state index in [4.69, 9.17) is 27.9 Å². The number of carbonyl (C=O) groups is 2. The molecule has 0 N–H and O–H groups in total. The average Bonchev–Trinajstić information content (AvgIpc) is 2.71. The lowest BCUT2D eigenvalue weighted by molar-refractivity contribution is -0.127. The molecule has 0 radical (unpaired) electrons. The maximum atomic E-state index is 13.7. The van der Waals surface area contributed by atoms with E-state index in [0.717, 1.165) is 0 Å². The number of piperazine rings is 1. The van der Waals surface area contributed by atoms with Crippen molar-refractivity contribution in [3.05, 3.63) is 69.5 Å². The number of nitrogens with zero attached hydrogens (tertiary/aromatic N) is 2. The zero-order valence-electron chi connectivity index (χ0n) is 15.7. The Hall–Kier alpha value is -2.57. The molecule has 0 aliphatic carbocycles. The Morgan fingerprint density at radius 1 is 1.00 bits per heavy atom. The van der Waals surface area contributed by atoms with Crippen molar-refractivity contribution in [2.45, 2.75) is 0 Å². The number of halogens is 3. The predicted molar refractivity (Wildman–Crippen MR) is 111 cm³/mol. The van der Waals surface area contributed by atoms with Crippen molar-refractivity contribution in [2.75, 3.05) is 33.3 Å². The summed E-state index contributed by atoms with van der Waals surface area (Å²) in [5.74, 6) is -0.713. The van der Waals surface area contributed by atoms with E-state index in [2.05, 4.69) is 0 Å². The third kappa shape index (κ3) is 5.28. The summed E-state index contributed by atoms with van der Waals surface area (Å²) in [6, 6.07) is 9.19. The van der Waals surface area contributed by atoms with Crippen LogP contribution in [0.2, 0.25) is 10.0 Å². The van der Waals surface area contributed by atoms with Crippen molar-refractivity contribution < 1.29 is 18.7 Å². The topological polar surface area (TPSA) is 49.9 Å². The van der Waals surface area contributed by atoms with Gasteiger partial charge in [0.15, 0.2) is 11.6 Å². The van der Waals surface area contributed by atoms with Gasteiger partial charge >= 0.3 is 0 Å². The number of benzene rings is 2. The van der Waals surface area contributed by atoms with Gasteiger partial charge in [-0.2, -0.15) is 0 Å². The molecule has 8 heteroatoms. The van der Waals surface area contributed by atoms with Gasteiger partial charge in [-0.3, -0.25) is 9.59 Å². The van der Waals surface area contributed by atoms with Gasteiger partial charge in [0.05, 0.1) is 7.11 Å². The molecular weight excluding hydrogens is 418 g/mol. The molecule has 0 saturated carbocycles. The number of hydrogen-bond donors (Lipinski definition) is 0. The second kappa shape index (κ2) is 9.29. The first-order chi connectivity index (χ1) is 13.9. The molecule has 2 aromatic carbocycles. The minimum atomic E-state index is -0.490. The molecule has 2 aromatic rings. The van der Waals surface area contributed by atoms with E-state index in [-0.39, 0.29) is 17.6 Å². The molecule has 0 spiro atoms. The van der Waals surface area contributed by atoms with Crippen molar-refractivity contribution in [3.8, 4) is 5.75 Å². The molecule has 1 saturated heterocycles. The molecule has 1 fully saturated rings. The third-order valence-electron chi connectivity index (χ3n) is 4.58. The second-order valence-corrected chi connectivity index (χ2v) is 7.38. The highest BCUT2D eigenvalue weighted by Gasteiger charge is 2.24. The Labute approximate surface area is 178 Å². The maximum absolute atomic E-state index is 13.7. The van der Waals surface area contributed by atoms with Crippen LogP contribution in [-0.2, 0) is 4.79 Å². The normalized spacial score (nSPS) is 14.3. The molecule has 5 nitrogen and oxygen atoms in total. The second-order valence-electron chi connectivity index (χ2n) is 6.50. The molecule has 0 bridgehead atoms. The van der Waals surface area contributed by atoms with Crippen molar-refractivity contribution in [1.82, 2.24) is 9.80 Å². The number of ether oxygens (including phenoxy) is 1. The summed E-state index contributed by atoms with van der Waals surface area (Å²) in [7, 11) is 1.39. The SMILES string of the molecule is COc1ccc(/C=C/C(=O)N2CCN(C(=O)c3cc(Cl)cc(Cl)c3)CC2)cc1F. The molecule has 0 atom stereocenters. The molecule has 1 aliphatic heterocycles.